The first-order chi connectivity index (χ1) is 13.7. The molecule has 0 spiro atoms. The molecule has 4 heteroatoms. The zero-order valence-electron chi connectivity index (χ0n) is 16.3. The molecule has 1 aliphatic carbocycles. The molecule has 28 heavy (non-hydrogen) atoms. The second kappa shape index (κ2) is 10.5. The molecule has 2 amide bonds. The maximum atomic E-state index is 12.9. The van der Waals surface area contributed by atoms with Crippen LogP contribution >= 0.6 is 0 Å². The molecule has 0 saturated carbocycles. The van der Waals surface area contributed by atoms with Gasteiger partial charge in [-0.2, -0.15) is 0 Å². The first-order valence-corrected chi connectivity index (χ1v) is 10.1. The Morgan fingerprint density at radius 1 is 0.857 bits per heavy atom. The van der Waals surface area contributed by atoms with Crippen molar-refractivity contribution < 1.29 is 9.59 Å². The Kier molecular flexibility index (Phi) is 7.42. The van der Waals surface area contributed by atoms with E-state index in [1.807, 2.05) is 60.7 Å². The molecule has 0 atom stereocenters. The van der Waals surface area contributed by atoms with E-state index in [1.165, 1.54) is 18.4 Å². The molecule has 0 aliphatic heterocycles. The second-order valence-electron chi connectivity index (χ2n) is 7.11. The second-order valence-corrected chi connectivity index (χ2v) is 7.11. The van der Waals surface area contributed by atoms with Crippen LogP contribution in [0.3, 0.4) is 0 Å². The minimum absolute atomic E-state index is 0.0640. The summed E-state index contributed by atoms with van der Waals surface area (Å²) in [4.78, 5) is 26.8. The summed E-state index contributed by atoms with van der Waals surface area (Å²) in [6.07, 6.45) is 8.44. The Hall–Kier alpha value is -2.88. The summed E-state index contributed by atoms with van der Waals surface area (Å²) < 4.78 is 0. The largest absolute Gasteiger partial charge is 0.356 e. The van der Waals surface area contributed by atoms with Crippen LogP contribution in [0.5, 0.6) is 0 Å². The number of allylic oxidation sites excluding steroid dienone is 1. The van der Waals surface area contributed by atoms with Crippen LogP contribution in [-0.2, 0) is 9.59 Å². The molecule has 1 aliphatic rings. The van der Waals surface area contributed by atoms with Gasteiger partial charge in [-0.25, -0.2) is 0 Å². The predicted octanol–water partition coefficient (Wildman–Crippen LogP) is 5.14. The monoisotopic (exact) mass is 376 g/mol. The molecule has 0 aromatic heterocycles. The minimum Gasteiger partial charge on any atom is -0.356 e. The molecule has 0 saturated heterocycles. The summed E-state index contributed by atoms with van der Waals surface area (Å²) in [6, 6.07) is 19.1. The summed E-state index contributed by atoms with van der Waals surface area (Å²) >= 11 is 0. The van der Waals surface area contributed by atoms with Gasteiger partial charge in [0.25, 0.3) is 0 Å². The highest BCUT2D eigenvalue weighted by Crippen LogP contribution is 2.26. The fourth-order valence-electron chi connectivity index (χ4n) is 3.51. The normalized spacial score (nSPS) is 13.5. The molecule has 2 aromatic carbocycles. The highest BCUT2D eigenvalue weighted by atomic mass is 16.2. The third-order valence-electron chi connectivity index (χ3n) is 5.00. The average Bonchev–Trinajstić information content (AvgIpc) is 2.75. The van der Waals surface area contributed by atoms with Crippen LogP contribution in [0.1, 0.15) is 44.9 Å². The van der Waals surface area contributed by atoms with Crippen LogP contribution in [0.4, 0.5) is 11.4 Å². The SMILES string of the molecule is O=C(CCC(=O)N(c1ccccc1)c1ccccc1)NCCC1=CCCCC1. The number of carbonyl (C=O) groups is 2. The van der Waals surface area contributed by atoms with Gasteiger partial charge < -0.3 is 5.32 Å². The standard InChI is InChI=1S/C24H28N2O2/c27-23(25-19-18-20-10-4-1-5-11-20)16-17-24(28)26(21-12-6-2-7-13-21)22-14-8-3-9-15-22/h2-3,6-10,12-15H,1,4-5,11,16-19H2,(H,25,27). The topological polar surface area (TPSA) is 49.4 Å². The fraction of sp³-hybridized carbons (Fsp3) is 0.333. The number of nitrogens with zero attached hydrogens (tertiary/aromatic N) is 1. The van der Waals surface area contributed by atoms with Crippen molar-refractivity contribution in [3.63, 3.8) is 0 Å². The fourth-order valence-corrected chi connectivity index (χ4v) is 3.51. The lowest BCUT2D eigenvalue weighted by atomic mass is 9.97. The van der Waals surface area contributed by atoms with E-state index < -0.39 is 0 Å². The van der Waals surface area contributed by atoms with E-state index >= 15 is 0 Å². The van der Waals surface area contributed by atoms with Gasteiger partial charge in [0, 0.05) is 30.8 Å². The zero-order chi connectivity index (χ0) is 19.6. The van der Waals surface area contributed by atoms with Gasteiger partial charge in [-0.1, -0.05) is 48.0 Å². The molecule has 146 valence electrons. The van der Waals surface area contributed by atoms with E-state index in [4.69, 9.17) is 0 Å². The van der Waals surface area contributed by atoms with Crippen molar-refractivity contribution in [2.24, 2.45) is 0 Å². The third-order valence-corrected chi connectivity index (χ3v) is 5.00. The maximum absolute atomic E-state index is 12.9. The Labute approximate surface area is 167 Å². The quantitative estimate of drug-likeness (QED) is 0.649. The maximum Gasteiger partial charge on any atom is 0.232 e. The van der Waals surface area contributed by atoms with E-state index in [0.29, 0.717) is 6.54 Å². The van der Waals surface area contributed by atoms with Gasteiger partial charge in [0.1, 0.15) is 0 Å². The Bertz CT molecular complexity index is 760. The highest BCUT2D eigenvalue weighted by molar-refractivity contribution is 6.01. The van der Waals surface area contributed by atoms with Crippen LogP contribution in [0.25, 0.3) is 0 Å². The number of nitrogens with one attached hydrogen (secondary N) is 1. The van der Waals surface area contributed by atoms with Crippen LogP contribution in [0, 0.1) is 0 Å². The van der Waals surface area contributed by atoms with Gasteiger partial charge >= 0.3 is 0 Å². The number of rotatable bonds is 8. The van der Waals surface area contributed by atoms with Crippen molar-refractivity contribution in [2.45, 2.75) is 44.9 Å². The molecule has 0 unspecified atom stereocenters. The lowest BCUT2D eigenvalue weighted by Gasteiger charge is -2.23. The van der Waals surface area contributed by atoms with Gasteiger partial charge in [0.15, 0.2) is 0 Å². The Morgan fingerprint density at radius 3 is 2.07 bits per heavy atom. The number of hydrogen-bond donors (Lipinski definition) is 1. The van der Waals surface area contributed by atoms with Crippen molar-refractivity contribution >= 4 is 23.2 Å². The molecule has 0 radical (unpaired) electrons. The lowest BCUT2D eigenvalue weighted by Crippen LogP contribution is -2.29. The molecule has 4 nitrogen and oxygen atoms in total. The number of amides is 2. The van der Waals surface area contributed by atoms with Crippen LogP contribution in [0.2, 0.25) is 0 Å². The van der Waals surface area contributed by atoms with Crippen molar-refractivity contribution in [2.75, 3.05) is 11.4 Å². The smallest absolute Gasteiger partial charge is 0.232 e. The average molecular weight is 377 g/mol. The molecule has 0 heterocycles. The van der Waals surface area contributed by atoms with E-state index in [9.17, 15) is 9.59 Å². The van der Waals surface area contributed by atoms with Crippen LogP contribution < -0.4 is 10.2 Å². The van der Waals surface area contributed by atoms with Gasteiger partial charge in [0.05, 0.1) is 0 Å². The highest BCUT2D eigenvalue weighted by Gasteiger charge is 2.18. The molecule has 3 rings (SSSR count). The van der Waals surface area contributed by atoms with Gasteiger partial charge in [-0.3, -0.25) is 14.5 Å². The lowest BCUT2D eigenvalue weighted by molar-refractivity contribution is -0.124. The van der Waals surface area contributed by atoms with Crippen molar-refractivity contribution in [3.05, 3.63) is 72.3 Å². The summed E-state index contributed by atoms with van der Waals surface area (Å²) in [5.41, 5.74) is 3.06. The molecular weight excluding hydrogens is 348 g/mol. The summed E-state index contributed by atoms with van der Waals surface area (Å²) in [5, 5.41) is 2.95. The van der Waals surface area contributed by atoms with Gasteiger partial charge in [-0.15, -0.1) is 0 Å². The summed E-state index contributed by atoms with van der Waals surface area (Å²) in [7, 11) is 0. The number of para-hydroxylation sites is 2. The molecule has 0 fully saturated rings. The van der Waals surface area contributed by atoms with E-state index in [2.05, 4.69) is 11.4 Å². The number of benzene rings is 2. The van der Waals surface area contributed by atoms with Crippen LogP contribution in [-0.4, -0.2) is 18.4 Å². The van der Waals surface area contributed by atoms with E-state index in [-0.39, 0.29) is 24.7 Å². The summed E-state index contributed by atoms with van der Waals surface area (Å²) in [5.74, 6) is -0.145. The van der Waals surface area contributed by atoms with Crippen molar-refractivity contribution in [1.82, 2.24) is 5.32 Å². The Balaban J connectivity index is 1.53. The molecule has 2 aromatic rings. The van der Waals surface area contributed by atoms with Gasteiger partial charge in [0.2, 0.25) is 11.8 Å². The first-order valence-electron chi connectivity index (χ1n) is 10.1. The van der Waals surface area contributed by atoms with E-state index in [1.54, 1.807) is 4.90 Å². The Morgan fingerprint density at radius 2 is 1.50 bits per heavy atom. The molecular formula is C24H28N2O2. The molecule has 0 bridgehead atoms. The minimum atomic E-state index is -0.0810. The van der Waals surface area contributed by atoms with Gasteiger partial charge in [-0.05, 0) is 56.4 Å². The molecule has 1 N–H and O–H groups in total. The van der Waals surface area contributed by atoms with Crippen LogP contribution in [0.15, 0.2) is 72.3 Å². The summed E-state index contributed by atoms with van der Waals surface area (Å²) in [6.45, 7) is 0.653. The van der Waals surface area contributed by atoms with E-state index in [0.717, 1.165) is 30.6 Å². The van der Waals surface area contributed by atoms with Crippen molar-refractivity contribution in [1.29, 1.82) is 0 Å². The number of hydrogen-bond acceptors (Lipinski definition) is 2. The number of carbonyl (C=O) groups excluding carboxylic acids is 2. The predicted molar refractivity (Wildman–Crippen MR) is 113 cm³/mol. The number of anilines is 2. The first kappa shape index (κ1) is 19.9. The van der Waals surface area contributed by atoms with Crippen molar-refractivity contribution in [3.8, 4) is 0 Å². The zero-order valence-corrected chi connectivity index (χ0v) is 16.3. The third kappa shape index (κ3) is 5.81.